The summed E-state index contributed by atoms with van der Waals surface area (Å²) >= 11 is 0. The SMILES string of the molecule is CC(=O)Nc1cc(NCc2ccc(F)c(F)c2)ccc1F. The molecule has 110 valence electrons. The van der Waals surface area contributed by atoms with Gasteiger partial charge in [-0.25, -0.2) is 13.2 Å². The summed E-state index contributed by atoms with van der Waals surface area (Å²) in [6, 6.07) is 7.69. The molecule has 2 aromatic carbocycles. The molecule has 21 heavy (non-hydrogen) atoms. The third kappa shape index (κ3) is 3.98. The van der Waals surface area contributed by atoms with E-state index in [2.05, 4.69) is 10.6 Å². The predicted molar refractivity (Wildman–Crippen MR) is 74.4 cm³/mol. The smallest absolute Gasteiger partial charge is 0.221 e. The van der Waals surface area contributed by atoms with Crippen molar-refractivity contribution >= 4 is 17.3 Å². The van der Waals surface area contributed by atoms with Crippen LogP contribution in [-0.4, -0.2) is 5.91 Å². The van der Waals surface area contributed by atoms with Crippen LogP contribution in [0, 0.1) is 17.5 Å². The molecule has 0 fully saturated rings. The van der Waals surface area contributed by atoms with E-state index in [4.69, 9.17) is 0 Å². The van der Waals surface area contributed by atoms with E-state index >= 15 is 0 Å². The molecule has 0 aliphatic carbocycles. The molecule has 0 unspecified atom stereocenters. The quantitative estimate of drug-likeness (QED) is 0.903. The van der Waals surface area contributed by atoms with Gasteiger partial charge in [0, 0.05) is 19.2 Å². The molecule has 1 amide bonds. The highest BCUT2D eigenvalue weighted by Crippen LogP contribution is 2.20. The average molecular weight is 294 g/mol. The van der Waals surface area contributed by atoms with E-state index in [0.717, 1.165) is 12.1 Å². The number of hydrogen-bond acceptors (Lipinski definition) is 2. The molecule has 2 aromatic rings. The van der Waals surface area contributed by atoms with Crippen LogP contribution in [0.5, 0.6) is 0 Å². The summed E-state index contributed by atoms with van der Waals surface area (Å²) in [5.74, 6) is -2.77. The van der Waals surface area contributed by atoms with Crippen LogP contribution in [0.1, 0.15) is 12.5 Å². The number of carbonyl (C=O) groups is 1. The highest BCUT2D eigenvalue weighted by atomic mass is 19.2. The van der Waals surface area contributed by atoms with Gasteiger partial charge in [0.1, 0.15) is 5.82 Å². The Morgan fingerprint density at radius 1 is 1.00 bits per heavy atom. The molecule has 0 atom stereocenters. The number of benzene rings is 2. The van der Waals surface area contributed by atoms with E-state index in [1.54, 1.807) is 0 Å². The second-order valence-electron chi connectivity index (χ2n) is 4.48. The van der Waals surface area contributed by atoms with Crippen molar-refractivity contribution in [1.82, 2.24) is 0 Å². The van der Waals surface area contributed by atoms with Crippen molar-refractivity contribution in [2.45, 2.75) is 13.5 Å². The third-order valence-corrected chi connectivity index (χ3v) is 2.76. The maximum absolute atomic E-state index is 13.5. The van der Waals surface area contributed by atoms with E-state index in [0.29, 0.717) is 11.3 Å². The van der Waals surface area contributed by atoms with Crippen LogP contribution in [0.3, 0.4) is 0 Å². The van der Waals surface area contributed by atoms with Gasteiger partial charge in [0.05, 0.1) is 5.69 Å². The molecule has 0 saturated heterocycles. The van der Waals surface area contributed by atoms with Gasteiger partial charge >= 0.3 is 0 Å². The number of anilines is 2. The fourth-order valence-corrected chi connectivity index (χ4v) is 1.77. The summed E-state index contributed by atoms with van der Waals surface area (Å²) in [5.41, 5.74) is 1.14. The van der Waals surface area contributed by atoms with E-state index in [-0.39, 0.29) is 18.1 Å². The van der Waals surface area contributed by atoms with Crippen LogP contribution in [0.25, 0.3) is 0 Å². The zero-order valence-corrected chi connectivity index (χ0v) is 11.2. The first-order valence-electron chi connectivity index (χ1n) is 6.20. The fraction of sp³-hybridized carbons (Fsp3) is 0.133. The molecule has 2 N–H and O–H groups in total. The summed E-state index contributed by atoms with van der Waals surface area (Å²) < 4.78 is 39.3. The van der Waals surface area contributed by atoms with Crippen molar-refractivity contribution in [3.63, 3.8) is 0 Å². The minimum atomic E-state index is -0.924. The van der Waals surface area contributed by atoms with Crippen molar-refractivity contribution in [2.24, 2.45) is 0 Å². The van der Waals surface area contributed by atoms with Crippen molar-refractivity contribution in [3.05, 3.63) is 59.4 Å². The van der Waals surface area contributed by atoms with Crippen LogP contribution in [-0.2, 0) is 11.3 Å². The second-order valence-corrected chi connectivity index (χ2v) is 4.48. The van der Waals surface area contributed by atoms with E-state index < -0.39 is 17.5 Å². The molecule has 6 heteroatoms. The monoisotopic (exact) mass is 294 g/mol. The van der Waals surface area contributed by atoms with Gasteiger partial charge in [-0.05, 0) is 35.9 Å². The largest absolute Gasteiger partial charge is 0.381 e. The Labute approximate surface area is 119 Å². The van der Waals surface area contributed by atoms with Crippen LogP contribution >= 0.6 is 0 Å². The second kappa shape index (κ2) is 6.30. The van der Waals surface area contributed by atoms with Gasteiger partial charge in [-0.15, -0.1) is 0 Å². The van der Waals surface area contributed by atoms with Gasteiger partial charge in [-0.1, -0.05) is 6.07 Å². The number of rotatable bonds is 4. The first-order chi connectivity index (χ1) is 9.95. The maximum atomic E-state index is 13.5. The highest BCUT2D eigenvalue weighted by Gasteiger charge is 2.06. The zero-order valence-electron chi connectivity index (χ0n) is 11.2. The molecule has 3 nitrogen and oxygen atoms in total. The Bertz CT molecular complexity index is 674. The minimum absolute atomic E-state index is 0.0535. The average Bonchev–Trinajstić information content (AvgIpc) is 2.43. The molecule has 0 radical (unpaired) electrons. The molecular formula is C15H13F3N2O. The molecule has 0 bridgehead atoms. The summed E-state index contributed by atoms with van der Waals surface area (Å²) in [6.45, 7) is 1.52. The Balaban J connectivity index is 2.09. The Morgan fingerprint density at radius 3 is 2.38 bits per heavy atom. The molecule has 0 saturated carbocycles. The van der Waals surface area contributed by atoms with Gasteiger partial charge in [0.25, 0.3) is 0 Å². The molecule has 0 aliphatic heterocycles. The van der Waals surface area contributed by atoms with E-state index in [1.165, 1.54) is 31.2 Å². The predicted octanol–water partition coefficient (Wildman–Crippen LogP) is 3.67. The van der Waals surface area contributed by atoms with E-state index in [9.17, 15) is 18.0 Å². The fourth-order valence-electron chi connectivity index (χ4n) is 1.77. The summed E-state index contributed by atoms with van der Waals surface area (Å²) in [4.78, 5) is 11.0. The number of carbonyl (C=O) groups excluding carboxylic acids is 1. The van der Waals surface area contributed by atoms with Gasteiger partial charge in [0.15, 0.2) is 11.6 Å². The van der Waals surface area contributed by atoms with Crippen LogP contribution < -0.4 is 10.6 Å². The van der Waals surface area contributed by atoms with E-state index in [1.807, 2.05) is 0 Å². The molecule has 2 rings (SSSR count). The lowest BCUT2D eigenvalue weighted by Crippen LogP contribution is -2.08. The normalized spacial score (nSPS) is 10.3. The van der Waals surface area contributed by atoms with Gasteiger partial charge in [-0.3, -0.25) is 4.79 Å². The molecule has 0 aliphatic rings. The summed E-state index contributed by atoms with van der Waals surface area (Å²) in [7, 11) is 0. The standard InChI is InChI=1S/C15H13F3N2O/c1-9(21)20-15-7-11(3-5-13(15)17)19-8-10-2-4-12(16)14(18)6-10/h2-7,19H,8H2,1H3,(H,20,21). The van der Waals surface area contributed by atoms with Gasteiger partial charge < -0.3 is 10.6 Å². The number of amides is 1. The Morgan fingerprint density at radius 2 is 1.71 bits per heavy atom. The van der Waals surface area contributed by atoms with Crippen LogP contribution in [0.4, 0.5) is 24.5 Å². The Kier molecular flexibility index (Phi) is 4.47. The number of hydrogen-bond donors (Lipinski definition) is 2. The molecule has 0 aromatic heterocycles. The minimum Gasteiger partial charge on any atom is -0.381 e. The number of halogens is 3. The first-order valence-corrected chi connectivity index (χ1v) is 6.20. The molecular weight excluding hydrogens is 281 g/mol. The van der Waals surface area contributed by atoms with Crippen LogP contribution in [0.2, 0.25) is 0 Å². The maximum Gasteiger partial charge on any atom is 0.221 e. The summed E-state index contributed by atoms with van der Waals surface area (Å²) in [5, 5.41) is 5.31. The van der Waals surface area contributed by atoms with Gasteiger partial charge in [0.2, 0.25) is 5.91 Å². The topological polar surface area (TPSA) is 41.1 Å². The van der Waals surface area contributed by atoms with Crippen molar-refractivity contribution in [3.8, 4) is 0 Å². The van der Waals surface area contributed by atoms with Crippen molar-refractivity contribution in [1.29, 1.82) is 0 Å². The molecule has 0 heterocycles. The van der Waals surface area contributed by atoms with Gasteiger partial charge in [-0.2, -0.15) is 0 Å². The lowest BCUT2D eigenvalue weighted by atomic mass is 10.2. The van der Waals surface area contributed by atoms with Crippen molar-refractivity contribution < 1.29 is 18.0 Å². The molecule has 0 spiro atoms. The number of nitrogens with one attached hydrogen (secondary N) is 2. The lowest BCUT2D eigenvalue weighted by molar-refractivity contribution is -0.114. The summed E-state index contributed by atoms with van der Waals surface area (Å²) in [6.07, 6.45) is 0. The first kappa shape index (κ1) is 14.9. The Hall–Kier alpha value is -2.50. The third-order valence-electron chi connectivity index (χ3n) is 2.76. The lowest BCUT2D eigenvalue weighted by Gasteiger charge is -2.10. The zero-order chi connectivity index (χ0) is 15.4. The highest BCUT2D eigenvalue weighted by molar-refractivity contribution is 5.89. The van der Waals surface area contributed by atoms with Crippen molar-refractivity contribution in [2.75, 3.05) is 10.6 Å². The van der Waals surface area contributed by atoms with Crippen LogP contribution in [0.15, 0.2) is 36.4 Å².